The molecule has 2 aromatic rings. The van der Waals surface area contributed by atoms with Crippen LogP contribution in [-0.4, -0.2) is 21.9 Å². The Kier molecular flexibility index (Phi) is 3.39. The minimum atomic E-state index is -0.0798. The van der Waals surface area contributed by atoms with Gasteiger partial charge in [-0.2, -0.15) is 5.10 Å². The van der Waals surface area contributed by atoms with Crippen LogP contribution in [0.1, 0.15) is 17.4 Å². The van der Waals surface area contributed by atoms with Gasteiger partial charge in [-0.1, -0.05) is 12.1 Å². The molecule has 0 amide bonds. The molecule has 2 rings (SSSR count). The van der Waals surface area contributed by atoms with Crippen LogP contribution in [0.5, 0.6) is 5.75 Å². The first-order valence-corrected chi connectivity index (χ1v) is 5.43. The molecular weight excluding hydrogens is 216 g/mol. The van der Waals surface area contributed by atoms with Crippen molar-refractivity contribution in [3.63, 3.8) is 0 Å². The lowest BCUT2D eigenvalue weighted by molar-refractivity contribution is 0.414. The Hall–Kier alpha value is -1.88. The number of nitrogens with zero attached hydrogens (tertiary/aromatic N) is 3. The van der Waals surface area contributed by atoms with Gasteiger partial charge in [-0.3, -0.25) is 4.68 Å². The fourth-order valence-electron chi connectivity index (χ4n) is 1.67. The van der Waals surface area contributed by atoms with Gasteiger partial charge >= 0.3 is 0 Å². The molecule has 5 heteroatoms. The maximum Gasteiger partial charge on any atom is 0.138 e. The Bertz CT molecular complexity index is 478. The molecule has 1 aromatic carbocycles. The monoisotopic (exact) mass is 232 g/mol. The maximum absolute atomic E-state index is 6.12. The van der Waals surface area contributed by atoms with E-state index < -0.39 is 0 Å². The average molecular weight is 232 g/mol. The zero-order valence-electron chi connectivity index (χ0n) is 10.00. The van der Waals surface area contributed by atoms with Crippen LogP contribution in [0.3, 0.4) is 0 Å². The van der Waals surface area contributed by atoms with Crippen LogP contribution in [0.2, 0.25) is 0 Å². The summed E-state index contributed by atoms with van der Waals surface area (Å²) in [5, 5.41) is 4.02. The Morgan fingerprint density at radius 3 is 2.59 bits per heavy atom. The molecule has 0 fully saturated rings. The van der Waals surface area contributed by atoms with E-state index in [0.29, 0.717) is 6.42 Å². The number of hydrogen-bond donors (Lipinski definition) is 1. The van der Waals surface area contributed by atoms with Crippen LogP contribution in [0, 0.1) is 0 Å². The number of aryl methyl sites for hydroxylation is 1. The van der Waals surface area contributed by atoms with Crippen LogP contribution in [0.25, 0.3) is 0 Å². The summed E-state index contributed by atoms with van der Waals surface area (Å²) in [5.41, 5.74) is 7.19. The van der Waals surface area contributed by atoms with Crippen LogP contribution < -0.4 is 10.5 Å². The Balaban J connectivity index is 2.09. The fourth-order valence-corrected chi connectivity index (χ4v) is 1.67. The zero-order chi connectivity index (χ0) is 12.3. The van der Waals surface area contributed by atoms with Gasteiger partial charge in [-0.05, 0) is 17.7 Å². The lowest BCUT2D eigenvalue weighted by atomic mass is 10.0. The Morgan fingerprint density at radius 2 is 2.06 bits per heavy atom. The fraction of sp³-hybridized carbons (Fsp3) is 0.333. The van der Waals surface area contributed by atoms with Gasteiger partial charge in [-0.15, -0.1) is 0 Å². The first-order valence-electron chi connectivity index (χ1n) is 5.43. The van der Waals surface area contributed by atoms with Gasteiger partial charge in [0.1, 0.15) is 17.9 Å². The maximum atomic E-state index is 6.12. The lowest BCUT2D eigenvalue weighted by Gasteiger charge is -2.11. The van der Waals surface area contributed by atoms with Gasteiger partial charge < -0.3 is 10.5 Å². The summed E-state index contributed by atoms with van der Waals surface area (Å²) in [4.78, 5) is 4.16. The van der Waals surface area contributed by atoms with Crippen molar-refractivity contribution in [2.24, 2.45) is 12.8 Å². The van der Waals surface area contributed by atoms with Gasteiger partial charge in [0, 0.05) is 19.5 Å². The third-order valence-corrected chi connectivity index (χ3v) is 2.75. The molecule has 0 saturated carbocycles. The molecule has 17 heavy (non-hydrogen) atoms. The summed E-state index contributed by atoms with van der Waals surface area (Å²) in [6.07, 6.45) is 2.21. The van der Waals surface area contributed by atoms with Crippen LogP contribution >= 0.6 is 0 Å². The zero-order valence-corrected chi connectivity index (χ0v) is 10.00. The largest absolute Gasteiger partial charge is 0.497 e. The molecule has 0 aliphatic carbocycles. The van der Waals surface area contributed by atoms with Crippen LogP contribution in [0.15, 0.2) is 30.6 Å². The number of methoxy groups -OCH3 is 1. The summed E-state index contributed by atoms with van der Waals surface area (Å²) in [6.45, 7) is 0. The summed E-state index contributed by atoms with van der Waals surface area (Å²) in [7, 11) is 3.51. The molecule has 0 saturated heterocycles. The summed E-state index contributed by atoms with van der Waals surface area (Å²) in [6, 6.07) is 7.68. The predicted octanol–water partition coefficient (Wildman–Crippen LogP) is 1.07. The Labute approximate surface area is 100 Å². The number of hydrogen-bond acceptors (Lipinski definition) is 4. The minimum absolute atomic E-state index is 0.0798. The second kappa shape index (κ2) is 4.97. The molecule has 0 aliphatic heterocycles. The Morgan fingerprint density at radius 1 is 1.35 bits per heavy atom. The molecule has 2 N–H and O–H groups in total. The second-order valence-corrected chi connectivity index (χ2v) is 3.88. The molecule has 90 valence electrons. The highest BCUT2D eigenvalue weighted by Gasteiger charge is 2.10. The summed E-state index contributed by atoms with van der Waals surface area (Å²) < 4.78 is 6.85. The van der Waals surface area contributed by atoms with E-state index in [1.165, 1.54) is 6.33 Å². The molecule has 1 heterocycles. The highest BCUT2D eigenvalue weighted by atomic mass is 16.5. The highest BCUT2D eigenvalue weighted by molar-refractivity contribution is 5.29. The van der Waals surface area contributed by atoms with Gasteiger partial charge in [0.15, 0.2) is 0 Å². The van der Waals surface area contributed by atoms with Crippen LogP contribution in [0.4, 0.5) is 0 Å². The molecule has 5 nitrogen and oxygen atoms in total. The van der Waals surface area contributed by atoms with E-state index in [1.54, 1.807) is 11.8 Å². The second-order valence-electron chi connectivity index (χ2n) is 3.88. The number of benzene rings is 1. The van der Waals surface area contributed by atoms with Crippen molar-refractivity contribution >= 4 is 0 Å². The van der Waals surface area contributed by atoms with Crippen molar-refractivity contribution in [2.45, 2.75) is 12.5 Å². The first-order chi connectivity index (χ1) is 8.20. The molecule has 0 aliphatic rings. The van der Waals surface area contributed by atoms with Gasteiger partial charge in [0.2, 0.25) is 0 Å². The standard InChI is InChI=1S/C12H16N4O/c1-16-12(14-8-15-16)7-11(13)9-3-5-10(17-2)6-4-9/h3-6,8,11H,7,13H2,1-2H3. The van der Waals surface area contributed by atoms with Crippen molar-refractivity contribution in [1.29, 1.82) is 0 Å². The SMILES string of the molecule is COc1ccc(C(N)Cc2ncnn2C)cc1. The third-order valence-electron chi connectivity index (χ3n) is 2.75. The summed E-state index contributed by atoms with van der Waals surface area (Å²) in [5.74, 6) is 1.72. The molecule has 1 atom stereocenters. The predicted molar refractivity (Wildman–Crippen MR) is 64.6 cm³/mol. The van der Waals surface area contributed by atoms with Crippen molar-refractivity contribution < 1.29 is 4.74 Å². The van der Waals surface area contributed by atoms with Gasteiger partial charge in [0.25, 0.3) is 0 Å². The van der Waals surface area contributed by atoms with E-state index in [4.69, 9.17) is 10.5 Å². The molecule has 0 bridgehead atoms. The van der Waals surface area contributed by atoms with E-state index in [2.05, 4.69) is 10.1 Å². The normalized spacial score (nSPS) is 12.4. The minimum Gasteiger partial charge on any atom is -0.497 e. The van der Waals surface area contributed by atoms with Gasteiger partial charge in [-0.25, -0.2) is 4.98 Å². The topological polar surface area (TPSA) is 66.0 Å². The number of nitrogens with two attached hydrogens (primary N) is 1. The quantitative estimate of drug-likeness (QED) is 0.856. The van der Waals surface area contributed by atoms with Crippen molar-refractivity contribution in [2.75, 3.05) is 7.11 Å². The van der Waals surface area contributed by atoms with E-state index in [1.807, 2.05) is 31.3 Å². The number of ether oxygens (including phenoxy) is 1. The van der Waals surface area contributed by atoms with Gasteiger partial charge in [0.05, 0.1) is 7.11 Å². The first kappa shape index (κ1) is 11.6. The molecule has 0 radical (unpaired) electrons. The summed E-state index contributed by atoms with van der Waals surface area (Å²) >= 11 is 0. The molecule has 1 aromatic heterocycles. The van der Waals surface area contributed by atoms with Crippen molar-refractivity contribution in [3.8, 4) is 5.75 Å². The highest BCUT2D eigenvalue weighted by Crippen LogP contribution is 2.18. The van der Waals surface area contributed by atoms with Crippen molar-refractivity contribution in [1.82, 2.24) is 14.8 Å². The number of aromatic nitrogens is 3. The number of rotatable bonds is 4. The van der Waals surface area contributed by atoms with E-state index in [-0.39, 0.29) is 6.04 Å². The lowest BCUT2D eigenvalue weighted by Crippen LogP contribution is -2.16. The van der Waals surface area contributed by atoms with Crippen LogP contribution in [-0.2, 0) is 13.5 Å². The van der Waals surface area contributed by atoms with E-state index in [0.717, 1.165) is 17.1 Å². The molecule has 0 spiro atoms. The molecule has 1 unspecified atom stereocenters. The van der Waals surface area contributed by atoms with E-state index in [9.17, 15) is 0 Å². The average Bonchev–Trinajstić information content (AvgIpc) is 2.75. The molecular formula is C12H16N4O. The van der Waals surface area contributed by atoms with Crippen molar-refractivity contribution in [3.05, 3.63) is 42.0 Å². The third kappa shape index (κ3) is 2.62. The van der Waals surface area contributed by atoms with E-state index >= 15 is 0 Å². The smallest absolute Gasteiger partial charge is 0.138 e.